The van der Waals surface area contributed by atoms with Crippen LogP contribution < -0.4 is 5.32 Å². The lowest BCUT2D eigenvalue weighted by molar-refractivity contribution is -0.116. The molecular formula is C12H13BrClNO3. The van der Waals surface area contributed by atoms with E-state index in [1.807, 2.05) is 0 Å². The van der Waals surface area contributed by atoms with Crippen molar-refractivity contribution in [2.24, 2.45) is 0 Å². The molecule has 2 N–H and O–H groups in total. The standard InChI is InChI=1S/C12H13BrClNO3/c13-6-2-1-3-11(16)15-8-4-5-10(14)9(7-8)12(17)18/h4-5,7H,1-3,6H2,(H,15,16)(H,17,18). The Balaban J connectivity index is 2.65. The average molecular weight is 335 g/mol. The van der Waals surface area contributed by atoms with E-state index in [0.717, 1.165) is 18.2 Å². The summed E-state index contributed by atoms with van der Waals surface area (Å²) in [5.74, 6) is -1.25. The quantitative estimate of drug-likeness (QED) is 0.617. The number of benzene rings is 1. The molecule has 98 valence electrons. The van der Waals surface area contributed by atoms with Crippen LogP contribution in [0.4, 0.5) is 5.69 Å². The number of hydrogen-bond donors (Lipinski definition) is 2. The summed E-state index contributed by atoms with van der Waals surface area (Å²) in [6, 6.07) is 4.39. The molecule has 0 heterocycles. The van der Waals surface area contributed by atoms with Crippen LogP contribution in [-0.4, -0.2) is 22.3 Å². The summed E-state index contributed by atoms with van der Waals surface area (Å²) in [7, 11) is 0. The van der Waals surface area contributed by atoms with Gasteiger partial charge < -0.3 is 10.4 Å². The normalized spacial score (nSPS) is 10.1. The fraction of sp³-hybridized carbons (Fsp3) is 0.333. The van der Waals surface area contributed by atoms with Crippen molar-refractivity contribution in [3.8, 4) is 0 Å². The highest BCUT2D eigenvalue weighted by Gasteiger charge is 2.10. The zero-order chi connectivity index (χ0) is 13.5. The second kappa shape index (κ2) is 7.38. The van der Waals surface area contributed by atoms with Crippen molar-refractivity contribution in [3.05, 3.63) is 28.8 Å². The number of carboxylic acids is 1. The SMILES string of the molecule is O=C(CCCCBr)Nc1ccc(Cl)c(C(=O)O)c1. The molecule has 0 atom stereocenters. The van der Waals surface area contributed by atoms with E-state index in [1.165, 1.54) is 12.1 Å². The summed E-state index contributed by atoms with van der Waals surface area (Å²) in [4.78, 5) is 22.4. The lowest BCUT2D eigenvalue weighted by Crippen LogP contribution is -2.11. The molecule has 0 aliphatic carbocycles. The van der Waals surface area contributed by atoms with Crippen LogP contribution in [0.25, 0.3) is 0 Å². The first-order valence-electron chi connectivity index (χ1n) is 5.43. The Kier molecular flexibility index (Phi) is 6.15. The van der Waals surface area contributed by atoms with Gasteiger partial charge in [-0.1, -0.05) is 27.5 Å². The molecule has 1 amide bonds. The minimum atomic E-state index is -1.12. The van der Waals surface area contributed by atoms with Crippen LogP contribution in [0.3, 0.4) is 0 Å². The number of rotatable bonds is 6. The van der Waals surface area contributed by atoms with Crippen LogP contribution in [0.1, 0.15) is 29.6 Å². The largest absolute Gasteiger partial charge is 0.478 e. The molecule has 1 aromatic rings. The number of unbranched alkanes of at least 4 members (excludes halogenated alkanes) is 1. The molecule has 4 nitrogen and oxygen atoms in total. The second-order valence-electron chi connectivity index (χ2n) is 3.69. The molecule has 1 rings (SSSR count). The molecule has 18 heavy (non-hydrogen) atoms. The third kappa shape index (κ3) is 4.66. The van der Waals surface area contributed by atoms with Gasteiger partial charge in [-0.05, 0) is 31.0 Å². The predicted molar refractivity (Wildman–Crippen MR) is 74.7 cm³/mol. The van der Waals surface area contributed by atoms with Gasteiger partial charge in [-0.15, -0.1) is 0 Å². The molecule has 0 saturated heterocycles. The summed E-state index contributed by atoms with van der Waals surface area (Å²) in [6.07, 6.45) is 2.13. The third-order valence-corrected chi connectivity index (χ3v) is 3.16. The molecule has 0 aromatic heterocycles. The van der Waals surface area contributed by atoms with Crippen molar-refractivity contribution in [1.29, 1.82) is 0 Å². The second-order valence-corrected chi connectivity index (χ2v) is 4.89. The predicted octanol–water partition coefficient (Wildman–Crippen LogP) is 3.54. The van der Waals surface area contributed by atoms with Gasteiger partial charge in [0.2, 0.25) is 5.91 Å². The number of amides is 1. The van der Waals surface area contributed by atoms with Gasteiger partial charge in [0.25, 0.3) is 0 Å². The van der Waals surface area contributed by atoms with Gasteiger partial charge in [-0.2, -0.15) is 0 Å². The molecule has 0 spiro atoms. The minimum absolute atomic E-state index is 0.0186. The fourth-order valence-corrected chi connectivity index (χ4v) is 1.97. The van der Waals surface area contributed by atoms with E-state index in [-0.39, 0.29) is 16.5 Å². The lowest BCUT2D eigenvalue weighted by Gasteiger charge is -2.06. The number of carboxylic acid groups (broad SMARTS) is 1. The molecule has 1 aromatic carbocycles. The average Bonchev–Trinajstić information content (AvgIpc) is 2.31. The molecule has 0 bridgehead atoms. The van der Waals surface area contributed by atoms with Crippen molar-refractivity contribution in [2.45, 2.75) is 19.3 Å². The van der Waals surface area contributed by atoms with Crippen LogP contribution >= 0.6 is 27.5 Å². The number of alkyl halides is 1. The highest BCUT2D eigenvalue weighted by Crippen LogP contribution is 2.20. The number of carbonyl (C=O) groups is 2. The zero-order valence-electron chi connectivity index (χ0n) is 9.58. The summed E-state index contributed by atoms with van der Waals surface area (Å²) in [5.41, 5.74) is 0.426. The molecular weight excluding hydrogens is 321 g/mol. The fourth-order valence-electron chi connectivity index (χ4n) is 1.37. The van der Waals surface area contributed by atoms with Gasteiger partial charge in [0.15, 0.2) is 0 Å². The first-order valence-corrected chi connectivity index (χ1v) is 6.93. The van der Waals surface area contributed by atoms with Gasteiger partial charge in [-0.3, -0.25) is 4.79 Å². The van der Waals surface area contributed by atoms with Gasteiger partial charge in [0.05, 0.1) is 10.6 Å². The Labute approximate surface area is 118 Å². The smallest absolute Gasteiger partial charge is 0.337 e. The summed E-state index contributed by atoms with van der Waals surface area (Å²) < 4.78 is 0. The highest BCUT2D eigenvalue weighted by molar-refractivity contribution is 9.09. The van der Waals surface area contributed by atoms with Crippen LogP contribution in [0.15, 0.2) is 18.2 Å². The number of aromatic carboxylic acids is 1. The number of carbonyl (C=O) groups excluding carboxylic acids is 1. The first kappa shape index (κ1) is 15.0. The van der Waals surface area contributed by atoms with Crippen LogP contribution in [0, 0.1) is 0 Å². The summed E-state index contributed by atoms with van der Waals surface area (Å²) >= 11 is 9.02. The van der Waals surface area contributed by atoms with Gasteiger partial charge >= 0.3 is 5.97 Å². The van der Waals surface area contributed by atoms with E-state index in [1.54, 1.807) is 6.07 Å². The van der Waals surface area contributed by atoms with Gasteiger partial charge in [0, 0.05) is 17.4 Å². The van der Waals surface area contributed by atoms with E-state index in [9.17, 15) is 9.59 Å². The topological polar surface area (TPSA) is 66.4 Å². The number of anilines is 1. The maximum absolute atomic E-state index is 11.5. The molecule has 0 radical (unpaired) electrons. The monoisotopic (exact) mass is 333 g/mol. The molecule has 6 heteroatoms. The summed E-state index contributed by atoms with van der Waals surface area (Å²) in [5, 5.41) is 12.6. The molecule has 0 unspecified atom stereocenters. The minimum Gasteiger partial charge on any atom is -0.478 e. The van der Waals surface area contributed by atoms with E-state index in [4.69, 9.17) is 16.7 Å². The highest BCUT2D eigenvalue weighted by atomic mass is 79.9. The van der Waals surface area contributed by atoms with Crippen LogP contribution in [0.2, 0.25) is 5.02 Å². The Morgan fingerprint density at radius 1 is 1.33 bits per heavy atom. The van der Waals surface area contributed by atoms with Crippen LogP contribution in [-0.2, 0) is 4.79 Å². The zero-order valence-corrected chi connectivity index (χ0v) is 11.9. The number of hydrogen-bond acceptors (Lipinski definition) is 2. The Hall–Kier alpha value is -1.07. The molecule has 0 aliphatic heterocycles. The Morgan fingerprint density at radius 2 is 2.06 bits per heavy atom. The Bertz CT molecular complexity index is 451. The maximum Gasteiger partial charge on any atom is 0.337 e. The number of halogens is 2. The van der Waals surface area contributed by atoms with Crippen molar-refractivity contribution >= 4 is 45.1 Å². The van der Waals surface area contributed by atoms with Crippen molar-refractivity contribution in [1.82, 2.24) is 0 Å². The van der Waals surface area contributed by atoms with E-state index in [0.29, 0.717) is 12.1 Å². The molecule has 0 aliphatic rings. The van der Waals surface area contributed by atoms with E-state index < -0.39 is 5.97 Å². The van der Waals surface area contributed by atoms with Crippen LogP contribution in [0.5, 0.6) is 0 Å². The third-order valence-electron chi connectivity index (χ3n) is 2.27. The van der Waals surface area contributed by atoms with Crippen molar-refractivity contribution in [2.75, 3.05) is 10.6 Å². The van der Waals surface area contributed by atoms with E-state index in [2.05, 4.69) is 21.2 Å². The van der Waals surface area contributed by atoms with E-state index >= 15 is 0 Å². The van der Waals surface area contributed by atoms with Crippen molar-refractivity contribution < 1.29 is 14.7 Å². The molecule has 0 saturated carbocycles. The summed E-state index contributed by atoms with van der Waals surface area (Å²) in [6.45, 7) is 0. The number of nitrogens with one attached hydrogen (secondary N) is 1. The maximum atomic E-state index is 11.5. The Morgan fingerprint density at radius 3 is 2.67 bits per heavy atom. The van der Waals surface area contributed by atoms with Crippen molar-refractivity contribution in [3.63, 3.8) is 0 Å². The first-order chi connectivity index (χ1) is 8.54. The van der Waals surface area contributed by atoms with Gasteiger partial charge in [0.1, 0.15) is 0 Å². The molecule has 0 fully saturated rings. The van der Waals surface area contributed by atoms with Gasteiger partial charge in [-0.25, -0.2) is 4.79 Å². The lowest BCUT2D eigenvalue weighted by atomic mass is 10.2.